The summed E-state index contributed by atoms with van der Waals surface area (Å²) in [4.78, 5) is 25.1. The van der Waals surface area contributed by atoms with Crippen molar-refractivity contribution in [2.24, 2.45) is 0 Å². The summed E-state index contributed by atoms with van der Waals surface area (Å²) in [5.41, 5.74) is -0.569. The van der Waals surface area contributed by atoms with Crippen LogP contribution in [0.15, 0.2) is 22.7 Å². The molecule has 0 spiro atoms. The van der Waals surface area contributed by atoms with Gasteiger partial charge in [0.15, 0.2) is 0 Å². The number of aliphatic carboxylic acids is 1. The fourth-order valence-electron chi connectivity index (χ4n) is 2.45. The number of halogens is 1. The average Bonchev–Trinajstić information content (AvgIpc) is 2.82. The lowest BCUT2D eigenvalue weighted by Gasteiger charge is -2.31. The number of anilines is 1. The molecule has 1 fully saturated rings. The van der Waals surface area contributed by atoms with Gasteiger partial charge < -0.3 is 20.1 Å². The minimum absolute atomic E-state index is 0.408. The number of carbonyl (C=O) groups excluding carboxylic acids is 1. The molecule has 114 valence electrons. The van der Waals surface area contributed by atoms with E-state index in [1.165, 1.54) is 4.90 Å². The summed E-state index contributed by atoms with van der Waals surface area (Å²) in [5.74, 6) is -0.324. The largest absolute Gasteiger partial charge is 0.496 e. The van der Waals surface area contributed by atoms with Crippen molar-refractivity contribution in [2.45, 2.75) is 25.3 Å². The second-order valence-electron chi connectivity index (χ2n) is 5.11. The number of hydrogen-bond acceptors (Lipinski definition) is 3. The summed E-state index contributed by atoms with van der Waals surface area (Å²) in [6.07, 6.45) is 1.14. The van der Waals surface area contributed by atoms with Gasteiger partial charge in [0.25, 0.3) is 0 Å². The molecule has 0 radical (unpaired) electrons. The molecule has 1 aromatic carbocycles. The summed E-state index contributed by atoms with van der Waals surface area (Å²) in [5, 5.41) is 12.0. The molecule has 1 aliphatic rings. The maximum absolute atomic E-state index is 12.3. The van der Waals surface area contributed by atoms with E-state index in [1.807, 2.05) is 0 Å². The van der Waals surface area contributed by atoms with Gasteiger partial charge in [-0.2, -0.15) is 0 Å². The van der Waals surface area contributed by atoms with E-state index in [0.29, 0.717) is 35.3 Å². The lowest BCUT2D eigenvalue weighted by atomic mass is 10.00. The van der Waals surface area contributed by atoms with Crippen molar-refractivity contribution in [2.75, 3.05) is 19.0 Å². The highest BCUT2D eigenvalue weighted by Gasteiger charge is 2.46. The number of hydrogen-bond donors (Lipinski definition) is 2. The van der Waals surface area contributed by atoms with Crippen LogP contribution in [0.2, 0.25) is 0 Å². The van der Waals surface area contributed by atoms with Crippen LogP contribution in [0.3, 0.4) is 0 Å². The van der Waals surface area contributed by atoms with Gasteiger partial charge in [-0.15, -0.1) is 0 Å². The summed E-state index contributed by atoms with van der Waals surface area (Å²) in [6, 6.07) is 4.73. The predicted octanol–water partition coefficient (Wildman–Crippen LogP) is 2.93. The second kappa shape index (κ2) is 5.93. The Bertz CT molecular complexity index is 578. The van der Waals surface area contributed by atoms with Gasteiger partial charge in [0.2, 0.25) is 0 Å². The fraction of sp³-hybridized carbons (Fsp3) is 0.429. The first-order chi connectivity index (χ1) is 9.88. The minimum Gasteiger partial charge on any atom is -0.496 e. The molecule has 21 heavy (non-hydrogen) atoms. The molecule has 1 unspecified atom stereocenters. The molecule has 7 heteroatoms. The number of benzene rings is 1. The Morgan fingerprint density at radius 2 is 2.19 bits per heavy atom. The Kier molecular flexibility index (Phi) is 4.41. The van der Waals surface area contributed by atoms with Crippen LogP contribution in [0, 0.1) is 0 Å². The van der Waals surface area contributed by atoms with Gasteiger partial charge in [0, 0.05) is 12.2 Å². The molecule has 1 atom stereocenters. The Balaban J connectivity index is 2.14. The normalized spacial score (nSPS) is 21.2. The zero-order chi connectivity index (χ0) is 15.6. The van der Waals surface area contributed by atoms with Gasteiger partial charge in [-0.05, 0) is 53.9 Å². The fourth-order valence-corrected chi connectivity index (χ4v) is 2.99. The number of methoxy groups -OCH3 is 1. The maximum atomic E-state index is 12.3. The number of carboxylic acids is 1. The van der Waals surface area contributed by atoms with E-state index in [2.05, 4.69) is 21.2 Å². The zero-order valence-electron chi connectivity index (χ0n) is 11.9. The van der Waals surface area contributed by atoms with Crippen molar-refractivity contribution in [3.8, 4) is 5.75 Å². The average molecular weight is 357 g/mol. The van der Waals surface area contributed by atoms with Crippen LogP contribution in [-0.2, 0) is 4.79 Å². The Hall–Kier alpha value is -1.76. The topological polar surface area (TPSA) is 78.9 Å². The molecule has 1 heterocycles. The predicted molar refractivity (Wildman–Crippen MR) is 81.7 cm³/mol. The van der Waals surface area contributed by atoms with Crippen molar-refractivity contribution in [3.05, 3.63) is 22.7 Å². The highest BCUT2D eigenvalue weighted by Crippen LogP contribution is 2.31. The van der Waals surface area contributed by atoms with Crippen molar-refractivity contribution in [1.82, 2.24) is 4.90 Å². The molecule has 1 aliphatic heterocycles. The zero-order valence-corrected chi connectivity index (χ0v) is 13.4. The molecule has 0 aromatic heterocycles. The molecule has 0 aliphatic carbocycles. The van der Waals surface area contributed by atoms with Crippen LogP contribution in [0.5, 0.6) is 5.75 Å². The van der Waals surface area contributed by atoms with Gasteiger partial charge in [0.05, 0.1) is 11.6 Å². The number of carbonyl (C=O) groups is 2. The van der Waals surface area contributed by atoms with Crippen LogP contribution in [0.25, 0.3) is 0 Å². The van der Waals surface area contributed by atoms with E-state index < -0.39 is 17.5 Å². The standard InChI is InChI=1S/C14H17BrN2O4/c1-14(12(18)19)6-3-7-17(14)13(20)16-9-4-5-11(21-2)10(15)8-9/h4-5,8H,3,6-7H2,1-2H3,(H,16,20)(H,18,19). The molecule has 2 rings (SSSR count). The van der Waals surface area contributed by atoms with Gasteiger partial charge in [0.1, 0.15) is 11.3 Å². The summed E-state index contributed by atoms with van der Waals surface area (Å²) in [7, 11) is 1.56. The van der Waals surface area contributed by atoms with Gasteiger partial charge in [-0.3, -0.25) is 0 Å². The van der Waals surface area contributed by atoms with E-state index in [0.717, 1.165) is 0 Å². The summed E-state index contributed by atoms with van der Waals surface area (Å²) in [6.45, 7) is 2.01. The summed E-state index contributed by atoms with van der Waals surface area (Å²) < 4.78 is 5.83. The van der Waals surface area contributed by atoms with E-state index in [9.17, 15) is 14.7 Å². The highest BCUT2D eigenvalue weighted by atomic mass is 79.9. The lowest BCUT2D eigenvalue weighted by molar-refractivity contribution is -0.146. The number of urea groups is 1. The number of nitrogens with zero attached hydrogens (tertiary/aromatic N) is 1. The van der Waals surface area contributed by atoms with E-state index >= 15 is 0 Å². The number of nitrogens with one attached hydrogen (secondary N) is 1. The molecular formula is C14H17BrN2O4. The van der Waals surface area contributed by atoms with E-state index in [1.54, 1.807) is 32.2 Å². The van der Waals surface area contributed by atoms with Crippen molar-refractivity contribution in [1.29, 1.82) is 0 Å². The van der Waals surface area contributed by atoms with Crippen molar-refractivity contribution < 1.29 is 19.4 Å². The third-order valence-electron chi connectivity index (χ3n) is 3.75. The van der Waals surface area contributed by atoms with Crippen LogP contribution < -0.4 is 10.1 Å². The van der Waals surface area contributed by atoms with Crippen molar-refractivity contribution in [3.63, 3.8) is 0 Å². The molecule has 0 bridgehead atoms. The molecule has 2 N–H and O–H groups in total. The molecule has 1 saturated heterocycles. The molecule has 6 nitrogen and oxygen atoms in total. The Morgan fingerprint density at radius 3 is 2.76 bits per heavy atom. The number of ether oxygens (including phenoxy) is 1. The third-order valence-corrected chi connectivity index (χ3v) is 4.37. The van der Waals surface area contributed by atoms with Crippen molar-refractivity contribution >= 4 is 33.6 Å². The molecule has 1 aromatic rings. The van der Waals surface area contributed by atoms with Gasteiger partial charge in [-0.25, -0.2) is 9.59 Å². The maximum Gasteiger partial charge on any atom is 0.329 e. The van der Waals surface area contributed by atoms with Gasteiger partial charge in [-0.1, -0.05) is 0 Å². The first-order valence-electron chi connectivity index (χ1n) is 6.54. The highest BCUT2D eigenvalue weighted by molar-refractivity contribution is 9.10. The number of amides is 2. The Morgan fingerprint density at radius 1 is 1.48 bits per heavy atom. The quantitative estimate of drug-likeness (QED) is 0.872. The van der Waals surface area contributed by atoms with Crippen LogP contribution in [0.4, 0.5) is 10.5 Å². The minimum atomic E-state index is -1.15. The number of rotatable bonds is 3. The lowest BCUT2D eigenvalue weighted by Crippen LogP contribution is -2.52. The van der Waals surface area contributed by atoms with Gasteiger partial charge >= 0.3 is 12.0 Å². The first kappa shape index (κ1) is 15.6. The van der Waals surface area contributed by atoms with Crippen LogP contribution >= 0.6 is 15.9 Å². The number of carboxylic acid groups (broad SMARTS) is 1. The third kappa shape index (κ3) is 2.97. The van der Waals surface area contributed by atoms with Crippen LogP contribution in [-0.4, -0.2) is 41.2 Å². The monoisotopic (exact) mass is 356 g/mol. The number of likely N-dealkylation sites (tertiary alicyclic amines) is 1. The van der Waals surface area contributed by atoms with E-state index in [-0.39, 0.29) is 0 Å². The summed E-state index contributed by atoms with van der Waals surface area (Å²) >= 11 is 3.34. The molecule has 0 saturated carbocycles. The molecular weight excluding hydrogens is 340 g/mol. The Labute approximate surface area is 131 Å². The smallest absolute Gasteiger partial charge is 0.329 e. The van der Waals surface area contributed by atoms with E-state index in [4.69, 9.17) is 4.74 Å². The van der Waals surface area contributed by atoms with Crippen LogP contribution in [0.1, 0.15) is 19.8 Å². The second-order valence-corrected chi connectivity index (χ2v) is 5.97. The first-order valence-corrected chi connectivity index (χ1v) is 7.33. The molecule has 2 amide bonds. The SMILES string of the molecule is COc1ccc(NC(=O)N2CCCC2(C)C(=O)O)cc1Br.